The summed E-state index contributed by atoms with van der Waals surface area (Å²) in [5, 5.41) is 2.73. The lowest BCUT2D eigenvalue weighted by atomic mass is 10.3. The zero-order valence-electron chi connectivity index (χ0n) is 9.45. The molecule has 4 nitrogen and oxygen atoms in total. The summed E-state index contributed by atoms with van der Waals surface area (Å²) in [5.74, 6) is 0.699. The van der Waals surface area contributed by atoms with Crippen LogP contribution in [0.1, 0.15) is 24.3 Å². The smallest absolute Gasteiger partial charge is 0.269 e. The highest BCUT2D eigenvalue weighted by molar-refractivity contribution is 5.92. The summed E-state index contributed by atoms with van der Waals surface area (Å²) >= 11 is 0. The van der Waals surface area contributed by atoms with E-state index in [2.05, 4.69) is 10.3 Å². The van der Waals surface area contributed by atoms with Crippen LogP contribution in [-0.2, 0) is 0 Å². The molecule has 0 atom stereocenters. The lowest BCUT2D eigenvalue weighted by Crippen LogP contribution is -2.25. The third-order valence-electron chi connectivity index (χ3n) is 2.17. The summed E-state index contributed by atoms with van der Waals surface area (Å²) in [6.45, 7) is 5.42. The molecule has 82 valence electrons. The van der Waals surface area contributed by atoms with Crippen LogP contribution >= 0.6 is 0 Å². The number of nitrogens with zero attached hydrogens (tertiary/aromatic N) is 2. The molecule has 0 bridgehead atoms. The maximum absolute atomic E-state index is 11.5. The molecule has 1 heterocycles. The van der Waals surface area contributed by atoms with Gasteiger partial charge in [0.05, 0.1) is 0 Å². The van der Waals surface area contributed by atoms with E-state index in [0.717, 1.165) is 12.4 Å². The summed E-state index contributed by atoms with van der Waals surface area (Å²) < 4.78 is 0. The predicted molar refractivity (Wildman–Crippen MR) is 61.2 cm³/mol. The minimum absolute atomic E-state index is 0.121. The van der Waals surface area contributed by atoms with Crippen molar-refractivity contribution in [2.45, 2.75) is 13.8 Å². The Labute approximate surface area is 90.3 Å². The number of carbonyl (C=O) groups excluding carboxylic acids is 1. The fourth-order valence-corrected chi connectivity index (χ4v) is 1.18. The highest BCUT2D eigenvalue weighted by Crippen LogP contribution is 2.08. The zero-order chi connectivity index (χ0) is 11.3. The molecule has 0 aliphatic carbocycles. The van der Waals surface area contributed by atoms with E-state index in [1.807, 2.05) is 37.9 Å². The van der Waals surface area contributed by atoms with E-state index < -0.39 is 0 Å². The van der Waals surface area contributed by atoms with Gasteiger partial charge in [0.15, 0.2) is 0 Å². The van der Waals surface area contributed by atoms with Crippen molar-refractivity contribution >= 4 is 11.7 Å². The van der Waals surface area contributed by atoms with Gasteiger partial charge in [-0.3, -0.25) is 4.79 Å². The first kappa shape index (κ1) is 11.5. The van der Waals surface area contributed by atoms with Gasteiger partial charge < -0.3 is 10.2 Å². The average Bonchev–Trinajstić information content (AvgIpc) is 2.28. The van der Waals surface area contributed by atoms with Crippen molar-refractivity contribution in [3.8, 4) is 0 Å². The number of carbonyl (C=O) groups is 1. The van der Waals surface area contributed by atoms with Gasteiger partial charge in [0.2, 0.25) is 0 Å². The van der Waals surface area contributed by atoms with Crippen molar-refractivity contribution in [2.75, 3.05) is 25.0 Å². The van der Waals surface area contributed by atoms with Crippen LogP contribution in [0.25, 0.3) is 0 Å². The van der Waals surface area contributed by atoms with E-state index in [0.29, 0.717) is 12.2 Å². The van der Waals surface area contributed by atoms with Gasteiger partial charge >= 0.3 is 0 Å². The van der Waals surface area contributed by atoms with Crippen LogP contribution in [0.3, 0.4) is 0 Å². The molecule has 0 fully saturated rings. The Bertz CT molecular complexity index is 338. The van der Waals surface area contributed by atoms with Crippen LogP contribution in [-0.4, -0.2) is 31.0 Å². The molecule has 1 N–H and O–H groups in total. The fourth-order valence-electron chi connectivity index (χ4n) is 1.18. The van der Waals surface area contributed by atoms with E-state index in [4.69, 9.17) is 0 Å². The maximum atomic E-state index is 11.5. The van der Waals surface area contributed by atoms with Crippen molar-refractivity contribution in [3.63, 3.8) is 0 Å². The molecule has 0 unspecified atom stereocenters. The number of hydrogen-bond acceptors (Lipinski definition) is 3. The highest BCUT2D eigenvalue weighted by atomic mass is 16.1. The van der Waals surface area contributed by atoms with Gasteiger partial charge in [0, 0.05) is 20.1 Å². The number of amides is 1. The van der Waals surface area contributed by atoms with Crippen LogP contribution in [0.5, 0.6) is 0 Å². The van der Waals surface area contributed by atoms with Crippen LogP contribution in [0.4, 0.5) is 5.82 Å². The lowest BCUT2D eigenvalue weighted by molar-refractivity contribution is 0.0951. The second-order valence-corrected chi connectivity index (χ2v) is 3.25. The number of anilines is 1. The largest absolute Gasteiger partial charge is 0.360 e. The van der Waals surface area contributed by atoms with Crippen LogP contribution in [0, 0.1) is 0 Å². The quantitative estimate of drug-likeness (QED) is 0.809. The Morgan fingerprint density at radius 3 is 2.80 bits per heavy atom. The monoisotopic (exact) mass is 207 g/mol. The molecule has 0 aliphatic rings. The summed E-state index contributed by atoms with van der Waals surface area (Å²) in [6.07, 6.45) is 0. The second kappa shape index (κ2) is 5.34. The third kappa shape index (κ3) is 2.94. The number of rotatable bonds is 4. The van der Waals surface area contributed by atoms with Gasteiger partial charge in [-0.2, -0.15) is 0 Å². The lowest BCUT2D eigenvalue weighted by Gasteiger charge is -2.15. The highest BCUT2D eigenvalue weighted by Gasteiger charge is 2.07. The van der Waals surface area contributed by atoms with Crippen LogP contribution in [0.15, 0.2) is 18.2 Å². The molecule has 15 heavy (non-hydrogen) atoms. The zero-order valence-corrected chi connectivity index (χ0v) is 9.45. The van der Waals surface area contributed by atoms with Crippen molar-refractivity contribution < 1.29 is 4.79 Å². The minimum atomic E-state index is -0.121. The minimum Gasteiger partial charge on any atom is -0.360 e. The van der Waals surface area contributed by atoms with E-state index in [1.54, 1.807) is 6.07 Å². The van der Waals surface area contributed by atoms with Gasteiger partial charge in [0.25, 0.3) is 5.91 Å². The molecule has 0 radical (unpaired) electrons. The number of nitrogens with one attached hydrogen (secondary N) is 1. The fraction of sp³-hybridized carbons (Fsp3) is 0.455. The van der Waals surface area contributed by atoms with E-state index in [9.17, 15) is 4.79 Å². The van der Waals surface area contributed by atoms with Crippen LogP contribution in [0.2, 0.25) is 0 Å². The normalized spacial score (nSPS) is 9.80. The Morgan fingerprint density at radius 2 is 2.20 bits per heavy atom. The Hall–Kier alpha value is -1.58. The van der Waals surface area contributed by atoms with E-state index in [-0.39, 0.29) is 5.91 Å². The summed E-state index contributed by atoms with van der Waals surface area (Å²) in [6, 6.07) is 5.46. The van der Waals surface area contributed by atoms with Crippen molar-refractivity contribution in [1.82, 2.24) is 10.3 Å². The number of pyridine rings is 1. The first-order valence-corrected chi connectivity index (χ1v) is 5.15. The van der Waals surface area contributed by atoms with Gasteiger partial charge in [-0.15, -0.1) is 0 Å². The Morgan fingerprint density at radius 1 is 1.47 bits per heavy atom. The predicted octanol–water partition coefficient (Wildman–Crippen LogP) is 1.29. The topological polar surface area (TPSA) is 45.2 Å². The van der Waals surface area contributed by atoms with E-state index >= 15 is 0 Å². The molecule has 0 spiro atoms. The summed E-state index contributed by atoms with van der Waals surface area (Å²) in [7, 11) is 1.95. The second-order valence-electron chi connectivity index (χ2n) is 3.25. The molecule has 0 saturated heterocycles. The first-order valence-electron chi connectivity index (χ1n) is 5.15. The van der Waals surface area contributed by atoms with Gasteiger partial charge in [-0.1, -0.05) is 6.07 Å². The molecule has 1 aromatic heterocycles. The molecule has 4 heteroatoms. The standard InChI is InChI=1S/C11H17N3O/c1-4-12-11(15)9-7-6-8-10(13-9)14(3)5-2/h6-8H,4-5H2,1-3H3,(H,12,15). The SMILES string of the molecule is CCNC(=O)c1cccc(N(C)CC)n1. The Kier molecular flexibility index (Phi) is 4.09. The van der Waals surface area contributed by atoms with Gasteiger partial charge in [-0.05, 0) is 26.0 Å². The molecular weight excluding hydrogens is 190 g/mol. The van der Waals surface area contributed by atoms with Gasteiger partial charge in [0.1, 0.15) is 11.5 Å². The van der Waals surface area contributed by atoms with Crippen molar-refractivity contribution in [3.05, 3.63) is 23.9 Å². The summed E-state index contributed by atoms with van der Waals surface area (Å²) in [5.41, 5.74) is 0.467. The van der Waals surface area contributed by atoms with Crippen molar-refractivity contribution in [2.24, 2.45) is 0 Å². The molecule has 0 saturated carbocycles. The average molecular weight is 207 g/mol. The van der Waals surface area contributed by atoms with Crippen molar-refractivity contribution in [1.29, 1.82) is 0 Å². The maximum Gasteiger partial charge on any atom is 0.269 e. The third-order valence-corrected chi connectivity index (χ3v) is 2.17. The van der Waals surface area contributed by atoms with E-state index in [1.165, 1.54) is 0 Å². The van der Waals surface area contributed by atoms with Gasteiger partial charge in [-0.25, -0.2) is 4.98 Å². The number of hydrogen-bond donors (Lipinski definition) is 1. The van der Waals surface area contributed by atoms with Crippen LogP contribution < -0.4 is 10.2 Å². The first-order chi connectivity index (χ1) is 7.19. The molecule has 1 aromatic rings. The molecular formula is C11H17N3O. The molecule has 1 amide bonds. The molecule has 0 aromatic carbocycles. The molecule has 0 aliphatic heterocycles. The summed E-state index contributed by atoms with van der Waals surface area (Å²) in [4.78, 5) is 17.8. The molecule has 1 rings (SSSR count). The Balaban J connectivity index is 2.87. The number of aromatic nitrogens is 1.